The average Bonchev–Trinajstić information content (AvgIpc) is 3.14. The van der Waals surface area contributed by atoms with E-state index in [1.165, 1.54) is 23.6 Å². The number of piperidine rings is 2. The Bertz CT molecular complexity index is 1780. The summed E-state index contributed by atoms with van der Waals surface area (Å²) in [4.78, 5) is 28.5. The van der Waals surface area contributed by atoms with Crippen LogP contribution in [0.5, 0.6) is 11.5 Å². The summed E-state index contributed by atoms with van der Waals surface area (Å²) in [5, 5.41) is 3.58. The van der Waals surface area contributed by atoms with Gasteiger partial charge in [0.25, 0.3) is 0 Å². The van der Waals surface area contributed by atoms with Crippen LogP contribution in [0.1, 0.15) is 78.6 Å². The zero-order valence-electron chi connectivity index (χ0n) is 31.0. The van der Waals surface area contributed by atoms with Gasteiger partial charge in [-0.3, -0.25) is 4.79 Å². The largest absolute Gasteiger partial charge is 0.493 e. The van der Waals surface area contributed by atoms with Crippen LogP contribution < -0.4 is 14.8 Å². The lowest BCUT2D eigenvalue weighted by atomic mass is 9.90. The van der Waals surface area contributed by atoms with Crippen LogP contribution in [0.3, 0.4) is 0 Å². The second-order valence-electron chi connectivity index (χ2n) is 15.5. The lowest BCUT2D eigenvalue weighted by Gasteiger charge is -2.41. The van der Waals surface area contributed by atoms with Gasteiger partial charge in [-0.2, -0.15) is 4.31 Å². The summed E-state index contributed by atoms with van der Waals surface area (Å²) in [6, 6.07) is 20.8. The van der Waals surface area contributed by atoms with Gasteiger partial charge in [-0.25, -0.2) is 13.2 Å². The van der Waals surface area contributed by atoms with Gasteiger partial charge >= 0.3 is 6.09 Å². The van der Waals surface area contributed by atoms with Gasteiger partial charge in [0.2, 0.25) is 15.9 Å². The predicted molar refractivity (Wildman–Crippen MR) is 206 cm³/mol. The van der Waals surface area contributed by atoms with Crippen LogP contribution in [0.15, 0.2) is 77.7 Å². The molecule has 0 spiro atoms. The number of nitrogens with one attached hydrogen (secondary N) is 1. The summed E-state index contributed by atoms with van der Waals surface area (Å²) in [5.74, 6) is 1.55. The molecule has 2 atom stereocenters. The van der Waals surface area contributed by atoms with Crippen LogP contribution >= 0.6 is 11.6 Å². The molecule has 10 nitrogen and oxygen atoms in total. The van der Waals surface area contributed by atoms with E-state index in [0.29, 0.717) is 61.4 Å². The Labute approximate surface area is 319 Å². The summed E-state index contributed by atoms with van der Waals surface area (Å²) < 4.78 is 47.7. The monoisotopic (exact) mass is 765 g/mol. The summed E-state index contributed by atoms with van der Waals surface area (Å²) in [6.07, 6.45) is 6.88. The molecular formula is C41H52ClN3O7S. The van der Waals surface area contributed by atoms with Gasteiger partial charge in [-0.1, -0.05) is 55.1 Å². The molecule has 3 aromatic rings. The number of sulfonamides is 1. The summed E-state index contributed by atoms with van der Waals surface area (Å²) in [5.41, 5.74) is 1.42. The van der Waals surface area contributed by atoms with Crippen molar-refractivity contribution < 1.29 is 32.2 Å². The van der Waals surface area contributed by atoms with Crippen molar-refractivity contribution in [2.45, 2.75) is 107 Å². The zero-order valence-corrected chi connectivity index (χ0v) is 32.5. The molecule has 3 fully saturated rings. The number of halogens is 1. The maximum absolute atomic E-state index is 14.3. The maximum Gasteiger partial charge on any atom is 0.407 e. The summed E-state index contributed by atoms with van der Waals surface area (Å²) >= 11 is 6.06. The highest BCUT2D eigenvalue weighted by atomic mass is 35.5. The molecule has 1 aliphatic carbocycles. The number of hydrogen-bond donors (Lipinski definition) is 1. The van der Waals surface area contributed by atoms with E-state index in [0.717, 1.165) is 24.0 Å². The standard InChI is InChI=1S/C41H52ClN3O7S/c1-41(2,3)52-40(47)43-33-21-24-44(25-22-33)39(46)38-27-36(51-35-15-11-31(12-16-35)30-9-13-32(42)14-10-30)23-26-45(38)53(48,49)37-19-17-34(18-20-37)50-28-29-7-5-4-6-8-29/h9-20,29,33,36,38H,4-8,21-28H2,1-3H3,(H,43,47)/t36-,38-/m0/s1. The number of nitrogens with zero attached hydrogens (tertiary/aromatic N) is 2. The molecule has 6 rings (SSSR count). The van der Waals surface area contributed by atoms with Crippen LogP contribution in [0.25, 0.3) is 11.1 Å². The molecule has 53 heavy (non-hydrogen) atoms. The average molecular weight is 766 g/mol. The molecule has 2 amide bonds. The Kier molecular flexibility index (Phi) is 12.6. The predicted octanol–water partition coefficient (Wildman–Crippen LogP) is 8.08. The van der Waals surface area contributed by atoms with Crippen LogP contribution in [0, 0.1) is 5.92 Å². The lowest BCUT2D eigenvalue weighted by molar-refractivity contribution is -0.138. The first kappa shape index (κ1) is 38.9. The van der Waals surface area contributed by atoms with Gasteiger partial charge in [0.15, 0.2) is 0 Å². The van der Waals surface area contributed by atoms with Crippen molar-refractivity contribution in [3.05, 3.63) is 77.8 Å². The molecule has 286 valence electrons. The fraction of sp³-hybridized carbons (Fsp3) is 0.512. The van der Waals surface area contributed by atoms with Crippen molar-refractivity contribution in [3.8, 4) is 22.6 Å². The van der Waals surface area contributed by atoms with Crippen molar-refractivity contribution in [1.29, 1.82) is 0 Å². The van der Waals surface area contributed by atoms with Crippen LogP contribution in [0.2, 0.25) is 5.02 Å². The van der Waals surface area contributed by atoms with Gasteiger partial charge in [-0.15, -0.1) is 0 Å². The molecule has 2 saturated heterocycles. The molecule has 1 saturated carbocycles. The number of carbonyl (C=O) groups is 2. The number of hydrogen-bond acceptors (Lipinski definition) is 7. The van der Waals surface area contributed by atoms with Crippen molar-refractivity contribution in [1.82, 2.24) is 14.5 Å². The maximum atomic E-state index is 14.3. The number of ether oxygens (including phenoxy) is 3. The first-order chi connectivity index (χ1) is 25.3. The molecular weight excluding hydrogens is 714 g/mol. The quantitative estimate of drug-likeness (QED) is 0.222. The molecule has 0 aromatic heterocycles. The van der Waals surface area contributed by atoms with Crippen LogP contribution in [-0.4, -0.2) is 79.7 Å². The fourth-order valence-corrected chi connectivity index (χ4v) is 9.17. The van der Waals surface area contributed by atoms with Crippen LogP contribution in [-0.2, 0) is 19.6 Å². The smallest absolute Gasteiger partial charge is 0.407 e. The van der Waals surface area contributed by atoms with Gasteiger partial charge in [0.05, 0.1) is 11.5 Å². The molecule has 0 radical (unpaired) electrons. The van der Waals surface area contributed by atoms with Gasteiger partial charge in [0, 0.05) is 37.1 Å². The highest BCUT2D eigenvalue weighted by molar-refractivity contribution is 7.89. The molecule has 3 aliphatic rings. The molecule has 0 unspecified atom stereocenters. The number of benzene rings is 3. The highest BCUT2D eigenvalue weighted by Gasteiger charge is 2.43. The molecule has 12 heteroatoms. The molecule has 3 aromatic carbocycles. The van der Waals surface area contributed by atoms with E-state index >= 15 is 0 Å². The van der Waals surface area contributed by atoms with Gasteiger partial charge < -0.3 is 24.4 Å². The van der Waals surface area contributed by atoms with Crippen molar-refractivity contribution in [2.24, 2.45) is 5.92 Å². The number of likely N-dealkylation sites (tertiary alicyclic amines) is 1. The topological polar surface area (TPSA) is 114 Å². The minimum Gasteiger partial charge on any atom is -0.493 e. The van der Waals surface area contributed by atoms with Crippen LogP contribution in [0.4, 0.5) is 4.79 Å². The second-order valence-corrected chi connectivity index (χ2v) is 17.8. The van der Waals surface area contributed by atoms with Crippen molar-refractivity contribution in [2.75, 3.05) is 26.2 Å². The molecule has 0 bridgehead atoms. The Morgan fingerprint density at radius 2 is 1.40 bits per heavy atom. The Morgan fingerprint density at radius 3 is 2.02 bits per heavy atom. The van der Waals surface area contributed by atoms with E-state index in [4.69, 9.17) is 25.8 Å². The number of alkyl carbamates (subject to hydrolysis) is 1. The van der Waals surface area contributed by atoms with E-state index in [-0.39, 0.29) is 35.9 Å². The number of amides is 2. The van der Waals surface area contributed by atoms with E-state index < -0.39 is 27.8 Å². The summed E-state index contributed by atoms with van der Waals surface area (Å²) in [6.45, 7) is 6.96. The third kappa shape index (κ3) is 10.5. The Hall–Kier alpha value is -3.80. The van der Waals surface area contributed by atoms with E-state index in [1.807, 2.05) is 69.3 Å². The van der Waals surface area contributed by atoms with Crippen molar-refractivity contribution in [3.63, 3.8) is 0 Å². The SMILES string of the molecule is CC(C)(C)OC(=O)NC1CCN(C(=O)[C@@H]2C[C@@H](Oc3ccc(-c4ccc(Cl)cc4)cc3)CCN2S(=O)(=O)c2ccc(OCC3CCCCC3)cc2)CC1. The normalized spacial score (nSPS) is 20.8. The molecule has 1 N–H and O–H groups in total. The third-order valence-electron chi connectivity index (χ3n) is 10.3. The minimum absolute atomic E-state index is 0.123. The van der Waals surface area contributed by atoms with E-state index in [9.17, 15) is 18.0 Å². The lowest BCUT2D eigenvalue weighted by Crippen LogP contribution is -2.58. The second kappa shape index (κ2) is 17.1. The van der Waals surface area contributed by atoms with Gasteiger partial charge in [-0.05, 0) is 118 Å². The highest BCUT2D eigenvalue weighted by Crippen LogP contribution is 2.32. The minimum atomic E-state index is -4.03. The van der Waals surface area contributed by atoms with E-state index in [2.05, 4.69) is 5.32 Å². The molecule has 2 aliphatic heterocycles. The van der Waals surface area contributed by atoms with E-state index in [1.54, 1.807) is 29.2 Å². The molecule has 2 heterocycles. The number of rotatable bonds is 10. The Balaban J connectivity index is 1.15. The van der Waals surface area contributed by atoms with Crippen molar-refractivity contribution >= 4 is 33.6 Å². The number of carbonyl (C=O) groups excluding carboxylic acids is 2. The fourth-order valence-electron chi connectivity index (χ4n) is 7.43. The Morgan fingerprint density at radius 1 is 0.792 bits per heavy atom. The first-order valence-corrected chi connectivity index (χ1v) is 20.7. The zero-order chi connectivity index (χ0) is 37.6. The first-order valence-electron chi connectivity index (χ1n) is 18.9. The summed E-state index contributed by atoms with van der Waals surface area (Å²) in [7, 11) is -4.03. The third-order valence-corrected chi connectivity index (χ3v) is 12.5. The van der Waals surface area contributed by atoms with Gasteiger partial charge in [0.1, 0.15) is 29.2 Å².